The van der Waals surface area contributed by atoms with Crippen molar-refractivity contribution in [3.8, 4) is 5.75 Å². The van der Waals surface area contributed by atoms with E-state index < -0.39 is 56.9 Å². The summed E-state index contributed by atoms with van der Waals surface area (Å²) < 4.78 is 75.4. The van der Waals surface area contributed by atoms with E-state index >= 15 is 0 Å². The summed E-state index contributed by atoms with van der Waals surface area (Å²) in [5.74, 6) is -0.622. The SMILES string of the molecule is CC[C@@H](C(=O)NCC(C)C)N(Cc1cccc(OC)c1)C(=O)CN(c1ccc(Cl)c(C(F)(F)F)c1)S(=O)(=O)c1ccc(C)cc1. The Kier molecular flexibility index (Phi) is 11.9. The summed E-state index contributed by atoms with van der Waals surface area (Å²) in [6.07, 6.45) is -4.71. The molecule has 0 unspecified atom stereocenters. The van der Waals surface area contributed by atoms with E-state index in [1.165, 1.54) is 36.3 Å². The summed E-state index contributed by atoms with van der Waals surface area (Å²) in [5, 5.41) is 2.20. The van der Waals surface area contributed by atoms with E-state index in [1.54, 1.807) is 38.1 Å². The molecular weight excluding hydrogens is 631 g/mol. The lowest BCUT2D eigenvalue weighted by atomic mass is 10.1. The third kappa shape index (κ3) is 9.13. The molecule has 3 rings (SSSR count). The fourth-order valence-corrected chi connectivity index (χ4v) is 6.19. The molecule has 2 amide bonds. The molecule has 3 aromatic carbocycles. The van der Waals surface area contributed by atoms with Gasteiger partial charge in [-0.1, -0.05) is 62.2 Å². The number of nitrogens with one attached hydrogen (secondary N) is 1. The van der Waals surface area contributed by atoms with Crippen molar-refractivity contribution >= 4 is 39.1 Å². The van der Waals surface area contributed by atoms with Crippen LogP contribution < -0.4 is 14.4 Å². The molecule has 244 valence electrons. The molecule has 0 radical (unpaired) electrons. The molecule has 0 saturated heterocycles. The van der Waals surface area contributed by atoms with Crippen LogP contribution in [0.4, 0.5) is 18.9 Å². The predicted octanol–water partition coefficient (Wildman–Crippen LogP) is 6.45. The van der Waals surface area contributed by atoms with Crippen LogP contribution in [-0.2, 0) is 32.3 Å². The molecule has 0 aliphatic carbocycles. The van der Waals surface area contributed by atoms with Crippen LogP contribution in [0.1, 0.15) is 43.9 Å². The Hall–Kier alpha value is -3.77. The average Bonchev–Trinajstić information content (AvgIpc) is 2.98. The number of nitrogens with zero attached hydrogens (tertiary/aromatic N) is 2. The molecule has 0 spiro atoms. The number of carbonyl (C=O) groups excluding carboxylic acids is 2. The van der Waals surface area contributed by atoms with E-state index in [0.29, 0.717) is 28.2 Å². The number of hydrogen-bond acceptors (Lipinski definition) is 5. The first-order chi connectivity index (χ1) is 21.1. The largest absolute Gasteiger partial charge is 0.497 e. The first-order valence-corrected chi connectivity index (χ1v) is 16.1. The zero-order valence-electron chi connectivity index (χ0n) is 25.7. The fourth-order valence-electron chi connectivity index (χ4n) is 4.56. The Morgan fingerprint density at radius 2 is 1.69 bits per heavy atom. The van der Waals surface area contributed by atoms with Crippen molar-refractivity contribution in [2.75, 3.05) is 24.5 Å². The minimum Gasteiger partial charge on any atom is -0.497 e. The minimum absolute atomic E-state index is 0.101. The lowest BCUT2D eigenvalue weighted by Crippen LogP contribution is -2.52. The maximum absolute atomic E-state index is 14.2. The van der Waals surface area contributed by atoms with Crippen molar-refractivity contribution in [1.82, 2.24) is 10.2 Å². The number of rotatable bonds is 13. The molecule has 0 aromatic heterocycles. The van der Waals surface area contributed by atoms with Gasteiger partial charge in [0, 0.05) is 13.1 Å². The number of ether oxygens (including phenoxy) is 1. The molecule has 0 saturated carbocycles. The number of methoxy groups -OCH3 is 1. The smallest absolute Gasteiger partial charge is 0.417 e. The van der Waals surface area contributed by atoms with Crippen molar-refractivity contribution < 1.29 is 35.9 Å². The van der Waals surface area contributed by atoms with E-state index in [4.69, 9.17) is 16.3 Å². The normalized spacial score (nSPS) is 12.5. The maximum Gasteiger partial charge on any atom is 0.417 e. The lowest BCUT2D eigenvalue weighted by molar-refractivity contribution is -0.140. The van der Waals surface area contributed by atoms with E-state index in [2.05, 4.69) is 5.32 Å². The lowest BCUT2D eigenvalue weighted by Gasteiger charge is -2.33. The molecule has 13 heteroatoms. The summed E-state index contributed by atoms with van der Waals surface area (Å²) in [6, 6.07) is 14.1. The van der Waals surface area contributed by atoms with Crippen LogP contribution in [0, 0.1) is 12.8 Å². The first kappa shape index (κ1) is 35.7. The second kappa shape index (κ2) is 15.0. The number of sulfonamides is 1. The molecule has 1 N–H and O–H groups in total. The van der Waals surface area contributed by atoms with E-state index in [-0.39, 0.29) is 23.8 Å². The van der Waals surface area contributed by atoms with Gasteiger partial charge in [-0.25, -0.2) is 8.42 Å². The second-order valence-corrected chi connectivity index (χ2v) is 13.2. The average molecular weight is 668 g/mol. The Labute approximate surface area is 267 Å². The van der Waals surface area contributed by atoms with Gasteiger partial charge in [-0.2, -0.15) is 13.2 Å². The third-order valence-corrected chi connectivity index (χ3v) is 9.11. The molecule has 0 fully saturated rings. The molecule has 0 aliphatic heterocycles. The highest BCUT2D eigenvalue weighted by Crippen LogP contribution is 2.38. The third-order valence-electron chi connectivity index (χ3n) is 6.99. The number of amides is 2. The standard InChI is InChI=1S/C32H37ClF3N3O5S/c1-6-29(31(41)37-18-21(2)3)38(19-23-8-7-9-25(16-23)44-5)30(40)20-39(45(42,43)26-13-10-22(4)11-14-26)24-12-15-28(33)27(17-24)32(34,35)36/h7-17,21,29H,6,18-20H2,1-5H3,(H,37,41)/t29-/m0/s1. The van der Waals surface area contributed by atoms with Crippen LogP contribution in [0.5, 0.6) is 5.75 Å². The Balaban J connectivity index is 2.15. The van der Waals surface area contributed by atoms with Crippen LogP contribution in [0.2, 0.25) is 5.02 Å². The number of carbonyl (C=O) groups is 2. The van der Waals surface area contributed by atoms with Gasteiger partial charge in [-0.05, 0) is 67.3 Å². The monoisotopic (exact) mass is 667 g/mol. The minimum atomic E-state index is -4.89. The molecular formula is C32H37ClF3N3O5S. The highest BCUT2D eigenvalue weighted by molar-refractivity contribution is 7.92. The first-order valence-electron chi connectivity index (χ1n) is 14.2. The van der Waals surface area contributed by atoms with E-state index in [0.717, 1.165) is 17.7 Å². The fraction of sp³-hybridized carbons (Fsp3) is 0.375. The topological polar surface area (TPSA) is 96.0 Å². The van der Waals surface area contributed by atoms with Crippen LogP contribution in [0.3, 0.4) is 0 Å². The van der Waals surface area contributed by atoms with E-state index in [9.17, 15) is 31.2 Å². The number of alkyl halides is 3. The van der Waals surface area contributed by atoms with Crippen molar-refractivity contribution in [2.24, 2.45) is 5.92 Å². The summed E-state index contributed by atoms with van der Waals surface area (Å²) in [4.78, 5) is 28.5. The quantitative estimate of drug-likeness (QED) is 0.226. The van der Waals surface area contributed by atoms with Crippen molar-refractivity contribution in [3.63, 3.8) is 0 Å². The second-order valence-electron chi connectivity index (χ2n) is 10.9. The van der Waals surface area contributed by atoms with Crippen LogP contribution >= 0.6 is 11.6 Å². The highest BCUT2D eigenvalue weighted by Gasteiger charge is 2.37. The Morgan fingerprint density at radius 3 is 2.27 bits per heavy atom. The molecule has 0 heterocycles. The molecule has 3 aromatic rings. The van der Waals surface area contributed by atoms with Crippen LogP contribution in [0.15, 0.2) is 71.6 Å². The van der Waals surface area contributed by atoms with Gasteiger partial charge in [-0.15, -0.1) is 0 Å². The van der Waals surface area contributed by atoms with Crippen LogP contribution in [0.25, 0.3) is 0 Å². The maximum atomic E-state index is 14.2. The summed E-state index contributed by atoms with van der Waals surface area (Å²) >= 11 is 5.83. The Morgan fingerprint density at radius 1 is 1.02 bits per heavy atom. The predicted molar refractivity (Wildman–Crippen MR) is 168 cm³/mol. The van der Waals surface area contributed by atoms with Gasteiger partial charge in [0.25, 0.3) is 10.0 Å². The van der Waals surface area contributed by atoms with Gasteiger partial charge < -0.3 is 15.0 Å². The molecule has 0 aliphatic rings. The molecule has 0 bridgehead atoms. The van der Waals surface area contributed by atoms with Gasteiger partial charge in [0.05, 0.1) is 28.3 Å². The summed E-state index contributed by atoms with van der Waals surface area (Å²) in [7, 11) is -3.10. The molecule has 45 heavy (non-hydrogen) atoms. The zero-order chi connectivity index (χ0) is 33.5. The number of anilines is 1. The van der Waals surface area contributed by atoms with Gasteiger partial charge in [0.1, 0.15) is 18.3 Å². The molecule has 8 nitrogen and oxygen atoms in total. The zero-order valence-corrected chi connectivity index (χ0v) is 27.3. The van der Waals surface area contributed by atoms with Gasteiger partial charge in [0.15, 0.2) is 0 Å². The highest BCUT2D eigenvalue weighted by atomic mass is 35.5. The Bertz CT molecular complexity index is 1600. The van der Waals surface area contributed by atoms with E-state index in [1.807, 2.05) is 13.8 Å². The van der Waals surface area contributed by atoms with Gasteiger partial charge >= 0.3 is 6.18 Å². The van der Waals surface area contributed by atoms with Crippen molar-refractivity contribution in [1.29, 1.82) is 0 Å². The number of benzene rings is 3. The molecule has 1 atom stereocenters. The number of aryl methyl sites for hydroxylation is 1. The van der Waals surface area contributed by atoms with Crippen LogP contribution in [-0.4, -0.2) is 51.4 Å². The van der Waals surface area contributed by atoms with Gasteiger partial charge in [-0.3, -0.25) is 13.9 Å². The number of hydrogen-bond donors (Lipinski definition) is 1. The van der Waals surface area contributed by atoms with Crippen molar-refractivity contribution in [2.45, 2.75) is 57.8 Å². The number of halogens is 4. The summed E-state index contributed by atoms with van der Waals surface area (Å²) in [6.45, 7) is 6.63. The van der Waals surface area contributed by atoms with Crippen molar-refractivity contribution in [3.05, 3.63) is 88.4 Å². The summed E-state index contributed by atoms with van der Waals surface area (Å²) in [5.41, 5.74) is -0.327. The van der Waals surface area contributed by atoms with Gasteiger partial charge in [0.2, 0.25) is 11.8 Å².